The van der Waals surface area contributed by atoms with Crippen molar-refractivity contribution in [1.82, 2.24) is 14.9 Å². The molecule has 0 bridgehead atoms. The normalized spacial score (nSPS) is 14.0. The summed E-state index contributed by atoms with van der Waals surface area (Å²) < 4.78 is 78.5. The van der Waals surface area contributed by atoms with Gasteiger partial charge in [0.15, 0.2) is 0 Å². The molecule has 0 unspecified atom stereocenters. The Morgan fingerprint density at radius 1 is 1.03 bits per heavy atom. The lowest BCUT2D eigenvalue weighted by Gasteiger charge is -2.28. The Balaban J connectivity index is 1.57. The van der Waals surface area contributed by atoms with E-state index in [-0.39, 0.29) is 31.1 Å². The summed E-state index contributed by atoms with van der Waals surface area (Å²) in [7, 11) is 0. The topological polar surface area (TPSA) is 78.1 Å². The standard InChI is InChI=1S/C23H18F6N4O2/c1-12-3-2-4-13(7-12)19-31-18-5-6-33(11-17(18)20(34)32-19)21(35)30-16-9-14(22(24,25)26)8-15(10-16)23(27,28)29/h2-4,7-10H,5-6,11H2,1H3,(H,30,35)(H,31,32,34). The number of hydrogen-bond acceptors (Lipinski definition) is 3. The summed E-state index contributed by atoms with van der Waals surface area (Å²) in [4.78, 5) is 33.6. The van der Waals surface area contributed by atoms with Crippen LogP contribution in [0.5, 0.6) is 0 Å². The van der Waals surface area contributed by atoms with Crippen LogP contribution >= 0.6 is 0 Å². The van der Waals surface area contributed by atoms with Crippen LogP contribution in [0.2, 0.25) is 0 Å². The van der Waals surface area contributed by atoms with Crippen molar-refractivity contribution in [2.75, 3.05) is 11.9 Å². The van der Waals surface area contributed by atoms with E-state index in [0.29, 0.717) is 29.2 Å². The second-order valence-corrected chi connectivity index (χ2v) is 8.11. The number of benzene rings is 2. The maximum Gasteiger partial charge on any atom is 0.416 e. The molecule has 0 atom stereocenters. The van der Waals surface area contributed by atoms with Crippen LogP contribution in [-0.2, 0) is 25.3 Å². The lowest BCUT2D eigenvalue weighted by Crippen LogP contribution is -2.41. The minimum Gasteiger partial charge on any atom is -0.320 e. The van der Waals surface area contributed by atoms with Gasteiger partial charge in [-0.2, -0.15) is 26.3 Å². The Hall–Kier alpha value is -3.83. The summed E-state index contributed by atoms with van der Waals surface area (Å²) in [6.45, 7) is 1.74. The molecule has 2 heterocycles. The molecule has 35 heavy (non-hydrogen) atoms. The number of halogens is 6. The van der Waals surface area contributed by atoms with E-state index in [2.05, 4.69) is 15.3 Å². The second-order valence-electron chi connectivity index (χ2n) is 8.11. The van der Waals surface area contributed by atoms with Crippen molar-refractivity contribution in [3.05, 3.63) is 80.8 Å². The number of carbonyl (C=O) groups excluding carboxylic acids is 1. The van der Waals surface area contributed by atoms with Gasteiger partial charge in [-0.25, -0.2) is 9.78 Å². The second kappa shape index (κ2) is 8.75. The fourth-order valence-corrected chi connectivity index (χ4v) is 3.76. The Bertz CT molecular complexity index is 1310. The molecule has 2 amide bonds. The van der Waals surface area contributed by atoms with E-state index < -0.39 is 40.8 Å². The molecule has 0 radical (unpaired) electrons. The first-order valence-corrected chi connectivity index (χ1v) is 10.4. The molecule has 0 saturated heterocycles. The van der Waals surface area contributed by atoms with Crippen LogP contribution in [0.15, 0.2) is 47.3 Å². The molecular weight excluding hydrogens is 478 g/mol. The molecule has 1 aliphatic rings. The van der Waals surface area contributed by atoms with Crippen LogP contribution < -0.4 is 10.9 Å². The molecule has 0 spiro atoms. The van der Waals surface area contributed by atoms with Crippen LogP contribution in [0.25, 0.3) is 11.4 Å². The highest BCUT2D eigenvalue weighted by atomic mass is 19.4. The predicted octanol–water partition coefficient (Wildman–Crippen LogP) is 5.37. The molecule has 12 heteroatoms. The molecule has 2 aromatic carbocycles. The molecule has 184 valence electrons. The zero-order valence-electron chi connectivity index (χ0n) is 18.1. The summed E-state index contributed by atoms with van der Waals surface area (Å²) in [5, 5.41) is 2.08. The van der Waals surface area contributed by atoms with Crippen molar-refractivity contribution >= 4 is 11.7 Å². The van der Waals surface area contributed by atoms with Crippen molar-refractivity contribution in [2.45, 2.75) is 32.2 Å². The van der Waals surface area contributed by atoms with Gasteiger partial charge in [0.2, 0.25) is 0 Å². The zero-order chi connectivity index (χ0) is 25.5. The number of anilines is 1. The Labute approximate surface area is 194 Å². The summed E-state index contributed by atoms with van der Waals surface area (Å²) >= 11 is 0. The largest absolute Gasteiger partial charge is 0.416 e. The maximum atomic E-state index is 13.1. The molecule has 3 aromatic rings. The number of nitrogens with zero attached hydrogens (tertiary/aromatic N) is 2. The van der Waals surface area contributed by atoms with Crippen LogP contribution in [0, 0.1) is 6.92 Å². The van der Waals surface area contributed by atoms with E-state index in [1.54, 1.807) is 6.07 Å². The van der Waals surface area contributed by atoms with E-state index in [0.717, 1.165) is 10.5 Å². The van der Waals surface area contributed by atoms with Crippen molar-refractivity contribution in [3.8, 4) is 11.4 Å². The molecule has 0 fully saturated rings. The predicted molar refractivity (Wildman–Crippen MR) is 115 cm³/mol. The number of nitrogens with one attached hydrogen (secondary N) is 2. The molecule has 0 aliphatic carbocycles. The molecule has 4 rings (SSSR count). The quantitative estimate of drug-likeness (QED) is 0.468. The number of rotatable bonds is 2. The molecule has 1 aromatic heterocycles. The highest BCUT2D eigenvalue weighted by Crippen LogP contribution is 2.37. The Morgan fingerprint density at radius 2 is 1.69 bits per heavy atom. The van der Waals surface area contributed by atoms with Gasteiger partial charge in [0.25, 0.3) is 5.56 Å². The third kappa shape index (κ3) is 5.31. The van der Waals surface area contributed by atoms with Crippen LogP contribution in [0.3, 0.4) is 0 Å². The van der Waals surface area contributed by atoms with Crippen molar-refractivity contribution < 1.29 is 31.1 Å². The maximum absolute atomic E-state index is 13.1. The van der Waals surface area contributed by atoms with Crippen LogP contribution in [-0.4, -0.2) is 27.4 Å². The van der Waals surface area contributed by atoms with E-state index in [4.69, 9.17) is 0 Å². The monoisotopic (exact) mass is 496 g/mol. The van der Waals surface area contributed by atoms with E-state index in [9.17, 15) is 35.9 Å². The van der Waals surface area contributed by atoms with Gasteiger partial charge in [0.05, 0.1) is 28.9 Å². The van der Waals surface area contributed by atoms with Crippen molar-refractivity contribution in [2.24, 2.45) is 0 Å². The van der Waals surface area contributed by atoms with Gasteiger partial charge in [-0.1, -0.05) is 23.8 Å². The summed E-state index contributed by atoms with van der Waals surface area (Å²) in [6, 6.07) is 7.21. The van der Waals surface area contributed by atoms with Crippen molar-refractivity contribution in [3.63, 3.8) is 0 Å². The number of fused-ring (bicyclic) bond motifs is 1. The fourth-order valence-electron chi connectivity index (χ4n) is 3.76. The van der Waals surface area contributed by atoms with Crippen LogP contribution in [0.4, 0.5) is 36.8 Å². The summed E-state index contributed by atoms with van der Waals surface area (Å²) in [6.07, 6.45) is -9.90. The smallest absolute Gasteiger partial charge is 0.320 e. The van der Waals surface area contributed by atoms with E-state index >= 15 is 0 Å². The van der Waals surface area contributed by atoms with Gasteiger partial charge >= 0.3 is 18.4 Å². The van der Waals surface area contributed by atoms with E-state index in [1.165, 1.54) is 0 Å². The highest BCUT2D eigenvalue weighted by molar-refractivity contribution is 5.89. The van der Waals surface area contributed by atoms with Crippen molar-refractivity contribution in [1.29, 1.82) is 0 Å². The Morgan fingerprint density at radius 3 is 2.29 bits per heavy atom. The number of aromatic amines is 1. The molecule has 6 nitrogen and oxygen atoms in total. The molecule has 1 aliphatic heterocycles. The number of H-pyrrole nitrogens is 1. The number of alkyl halides is 6. The number of amides is 2. The molecular formula is C23H18F6N4O2. The lowest BCUT2D eigenvalue weighted by molar-refractivity contribution is -0.143. The minimum absolute atomic E-state index is 0.0240. The van der Waals surface area contributed by atoms with Crippen LogP contribution in [0.1, 0.15) is 27.9 Å². The van der Waals surface area contributed by atoms with Gasteiger partial charge in [0.1, 0.15) is 5.82 Å². The first-order valence-electron chi connectivity index (χ1n) is 10.4. The van der Waals surface area contributed by atoms with E-state index in [1.807, 2.05) is 25.1 Å². The average Bonchev–Trinajstić information content (AvgIpc) is 2.77. The van der Waals surface area contributed by atoms with Gasteiger partial charge in [0, 0.05) is 24.2 Å². The third-order valence-electron chi connectivity index (χ3n) is 5.49. The first-order chi connectivity index (χ1) is 16.3. The number of urea groups is 1. The number of aromatic nitrogens is 2. The third-order valence-corrected chi connectivity index (χ3v) is 5.49. The SMILES string of the molecule is Cc1cccc(-c2nc3c(c(=O)[nH]2)CN(C(=O)Nc2cc(C(F)(F)F)cc(C(F)(F)F)c2)CC3)c1. The van der Waals surface area contributed by atoms with Gasteiger partial charge in [-0.05, 0) is 31.2 Å². The lowest BCUT2D eigenvalue weighted by atomic mass is 10.1. The average molecular weight is 496 g/mol. The first kappa shape index (κ1) is 24.3. The van der Waals surface area contributed by atoms with Gasteiger partial charge < -0.3 is 15.2 Å². The molecule has 0 saturated carbocycles. The Kier molecular flexibility index (Phi) is 6.07. The summed E-state index contributed by atoms with van der Waals surface area (Å²) in [5.41, 5.74) is -1.90. The van der Waals surface area contributed by atoms with Gasteiger partial charge in [-0.3, -0.25) is 4.79 Å². The van der Waals surface area contributed by atoms with Gasteiger partial charge in [-0.15, -0.1) is 0 Å². The minimum atomic E-state index is -5.04. The number of carbonyl (C=O) groups is 1. The molecule has 2 N–H and O–H groups in total. The zero-order valence-corrected chi connectivity index (χ0v) is 18.1. The fraction of sp³-hybridized carbons (Fsp3) is 0.261. The highest BCUT2D eigenvalue weighted by Gasteiger charge is 2.37. The summed E-state index contributed by atoms with van der Waals surface area (Å²) in [5.74, 6) is 0.360. The number of aryl methyl sites for hydroxylation is 1. The number of hydrogen-bond donors (Lipinski definition) is 2.